The molecule has 198 valence electrons. The summed E-state index contributed by atoms with van der Waals surface area (Å²) in [7, 11) is 0. The molecule has 0 amide bonds. The molecule has 0 radical (unpaired) electrons. The zero-order valence-corrected chi connectivity index (χ0v) is 25.2. The summed E-state index contributed by atoms with van der Waals surface area (Å²) in [6.07, 6.45) is 3.72. The van der Waals surface area contributed by atoms with Gasteiger partial charge in [0, 0.05) is 49.8 Å². The van der Waals surface area contributed by atoms with Crippen LogP contribution in [0, 0.1) is 17.8 Å². The van der Waals surface area contributed by atoms with Gasteiger partial charge in [0.15, 0.2) is 15.5 Å². The number of hydrogen-bond acceptors (Lipinski definition) is 9. The van der Waals surface area contributed by atoms with E-state index >= 15 is 0 Å². The summed E-state index contributed by atoms with van der Waals surface area (Å²) < 4.78 is 0. The van der Waals surface area contributed by atoms with Crippen molar-refractivity contribution in [3.8, 4) is 0 Å². The Balaban J connectivity index is 0.000000127. The van der Waals surface area contributed by atoms with Crippen LogP contribution in [0.3, 0.4) is 0 Å². The molecular formula is C27H42N6S3. The van der Waals surface area contributed by atoms with Gasteiger partial charge in [-0.15, -0.1) is 0 Å². The van der Waals surface area contributed by atoms with Crippen LogP contribution in [-0.4, -0.2) is 69.5 Å². The standard InChI is InChI=1S/C10H16N2S.C9H14N2S.C8H12N2S/c1-8(2)9-7-13-10-11-5-3-4-6-12(9)10;1-7(2)8-6-12-9-10-4-3-5-11(8)9;1-6(2)7-5-11-8-9-3-4-10(7)8/h7-8H,3-6H2,1-2H3;6-7H,3-5H2,1-2H3;5-6H,3-4H2,1-2H3. The third kappa shape index (κ3) is 6.57. The van der Waals surface area contributed by atoms with E-state index in [4.69, 9.17) is 0 Å². The average molecular weight is 547 g/mol. The lowest BCUT2D eigenvalue weighted by Gasteiger charge is -2.27. The quantitative estimate of drug-likeness (QED) is 0.385. The van der Waals surface area contributed by atoms with Gasteiger partial charge in [0.05, 0.1) is 6.54 Å². The van der Waals surface area contributed by atoms with Gasteiger partial charge in [-0.25, -0.2) is 0 Å². The van der Waals surface area contributed by atoms with Gasteiger partial charge in [0.1, 0.15) is 0 Å². The minimum atomic E-state index is 0.623. The van der Waals surface area contributed by atoms with Gasteiger partial charge in [-0.1, -0.05) is 76.8 Å². The summed E-state index contributed by atoms with van der Waals surface area (Å²) in [5, 5.41) is 10.4. The molecule has 0 fully saturated rings. The average Bonchev–Trinajstić information content (AvgIpc) is 3.61. The highest BCUT2D eigenvalue weighted by Crippen LogP contribution is 2.34. The van der Waals surface area contributed by atoms with E-state index in [2.05, 4.69) is 87.4 Å². The van der Waals surface area contributed by atoms with E-state index in [1.165, 1.54) is 51.9 Å². The summed E-state index contributed by atoms with van der Waals surface area (Å²) in [5.74, 6) is 1.88. The summed E-state index contributed by atoms with van der Waals surface area (Å²) in [6.45, 7) is 19.9. The molecule has 9 heteroatoms. The lowest BCUT2D eigenvalue weighted by atomic mass is 10.1. The lowest BCUT2D eigenvalue weighted by Crippen LogP contribution is -2.31. The summed E-state index contributed by atoms with van der Waals surface area (Å²) in [4.78, 5) is 20.5. The first-order chi connectivity index (χ1) is 17.4. The van der Waals surface area contributed by atoms with Gasteiger partial charge >= 0.3 is 0 Å². The van der Waals surface area contributed by atoms with E-state index in [0.717, 1.165) is 39.3 Å². The molecule has 0 atom stereocenters. The van der Waals surface area contributed by atoms with E-state index in [-0.39, 0.29) is 0 Å². The SMILES string of the molecule is CC(C)C1=CSC2=NCCCCN12.CC(C)C1=CSC2=NCCCN12.CC(C)C1=CSC2=NCCN12. The van der Waals surface area contributed by atoms with Crippen molar-refractivity contribution in [2.24, 2.45) is 32.7 Å². The zero-order chi connectivity index (χ0) is 25.7. The van der Waals surface area contributed by atoms with Gasteiger partial charge in [-0.3, -0.25) is 15.0 Å². The smallest absolute Gasteiger partial charge is 0.167 e. The second-order valence-electron chi connectivity index (χ2n) is 10.5. The van der Waals surface area contributed by atoms with Gasteiger partial charge in [0.25, 0.3) is 0 Å². The molecule has 0 spiro atoms. The number of aliphatic imine (C=N–C) groups is 3. The Morgan fingerprint density at radius 2 is 0.917 bits per heavy atom. The number of thioether (sulfide) groups is 3. The maximum absolute atomic E-state index is 4.57. The minimum Gasteiger partial charge on any atom is -0.324 e. The predicted octanol–water partition coefficient (Wildman–Crippen LogP) is 6.88. The normalized spacial score (nSPS) is 22.4. The minimum absolute atomic E-state index is 0.623. The van der Waals surface area contributed by atoms with Gasteiger partial charge in [-0.2, -0.15) is 0 Å². The van der Waals surface area contributed by atoms with Crippen molar-refractivity contribution in [1.29, 1.82) is 0 Å². The largest absolute Gasteiger partial charge is 0.324 e. The van der Waals surface area contributed by atoms with E-state index in [1.807, 2.05) is 0 Å². The molecule has 0 bridgehead atoms. The predicted molar refractivity (Wildman–Crippen MR) is 162 cm³/mol. The van der Waals surface area contributed by atoms with Crippen LogP contribution in [0.4, 0.5) is 0 Å². The second kappa shape index (κ2) is 13.0. The first-order valence-electron chi connectivity index (χ1n) is 13.4. The Morgan fingerprint density at radius 3 is 1.39 bits per heavy atom. The van der Waals surface area contributed by atoms with Gasteiger partial charge in [-0.05, 0) is 53.2 Å². The second-order valence-corrected chi connectivity index (χ2v) is 13.0. The molecular weight excluding hydrogens is 505 g/mol. The zero-order valence-electron chi connectivity index (χ0n) is 22.7. The van der Waals surface area contributed by atoms with E-state index in [1.54, 1.807) is 35.3 Å². The van der Waals surface area contributed by atoms with Crippen LogP contribution in [0.2, 0.25) is 0 Å². The van der Waals surface area contributed by atoms with E-state index in [9.17, 15) is 0 Å². The maximum atomic E-state index is 4.57. The van der Waals surface area contributed by atoms with Crippen molar-refractivity contribution in [2.45, 2.75) is 60.8 Å². The molecule has 6 aliphatic rings. The number of fused-ring (bicyclic) bond motifs is 3. The summed E-state index contributed by atoms with van der Waals surface area (Å²) in [5.41, 5.74) is 4.33. The van der Waals surface area contributed by atoms with E-state index in [0.29, 0.717) is 17.8 Å². The Labute approximate surface area is 230 Å². The van der Waals surface area contributed by atoms with Crippen LogP contribution in [0.25, 0.3) is 0 Å². The molecule has 0 aliphatic carbocycles. The third-order valence-electron chi connectivity index (χ3n) is 6.65. The topological polar surface area (TPSA) is 46.8 Å². The van der Waals surface area contributed by atoms with Gasteiger partial charge < -0.3 is 14.7 Å². The van der Waals surface area contributed by atoms with Crippen LogP contribution >= 0.6 is 35.3 Å². The molecule has 6 nitrogen and oxygen atoms in total. The van der Waals surface area contributed by atoms with Crippen LogP contribution in [0.1, 0.15) is 60.8 Å². The van der Waals surface area contributed by atoms with Gasteiger partial charge in [0.2, 0.25) is 0 Å². The number of rotatable bonds is 3. The molecule has 6 rings (SSSR count). The molecule has 36 heavy (non-hydrogen) atoms. The van der Waals surface area contributed by atoms with Crippen LogP contribution in [0.5, 0.6) is 0 Å². The Bertz CT molecular complexity index is 976. The van der Waals surface area contributed by atoms with Crippen molar-refractivity contribution >= 4 is 50.8 Å². The van der Waals surface area contributed by atoms with Crippen LogP contribution in [0.15, 0.2) is 48.3 Å². The highest BCUT2D eigenvalue weighted by molar-refractivity contribution is 8.17. The molecule has 0 aromatic rings. The number of nitrogens with zero attached hydrogens (tertiary/aromatic N) is 6. The van der Waals surface area contributed by atoms with Crippen molar-refractivity contribution in [2.75, 3.05) is 39.3 Å². The van der Waals surface area contributed by atoms with Crippen molar-refractivity contribution < 1.29 is 0 Å². The Morgan fingerprint density at radius 1 is 0.528 bits per heavy atom. The number of amidine groups is 3. The molecule has 6 heterocycles. The van der Waals surface area contributed by atoms with Crippen LogP contribution in [-0.2, 0) is 0 Å². The fraction of sp³-hybridized carbons (Fsp3) is 0.667. The van der Waals surface area contributed by atoms with Crippen molar-refractivity contribution in [3.05, 3.63) is 33.3 Å². The fourth-order valence-corrected chi connectivity index (χ4v) is 7.99. The third-order valence-corrected chi connectivity index (χ3v) is 9.41. The Hall–Kier alpha value is -1.32. The summed E-state index contributed by atoms with van der Waals surface area (Å²) in [6, 6.07) is 0. The highest BCUT2D eigenvalue weighted by Gasteiger charge is 2.28. The fourth-order valence-electron chi connectivity index (χ4n) is 4.64. The first kappa shape index (κ1) is 27.7. The molecule has 6 aliphatic heterocycles. The molecule has 0 aromatic heterocycles. The molecule has 0 aromatic carbocycles. The molecule has 0 unspecified atom stereocenters. The maximum Gasteiger partial charge on any atom is 0.167 e. The number of allylic oxidation sites excluding steroid dienone is 3. The van der Waals surface area contributed by atoms with Crippen LogP contribution < -0.4 is 0 Å². The molecule has 0 saturated heterocycles. The Kier molecular flexibility index (Phi) is 9.98. The highest BCUT2D eigenvalue weighted by atomic mass is 32.2. The van der Waals surface area contributed by atoms with E-state index < -0.39 is 0 Å². The summed E-state index contributed by atoms with van der Waals surface area (Å²) >= 11 is 5.33. The lowest BCUT2D eigenvalue weighted by molar-refractivity contribution is 0.440. The molecule has 0 saturated carbocycles. The molecule has 0 N–H and O–H groups in total. The first-order valence-corrected chi connectivity index (χ1v) is 16.1. The monoisotopic (exact) mass is 546 g/mol. The van der Waals surface area contributed by atoms with Crippen molar-refractivity contribution in [3.63, 3.8) is 0 Å². The number of hydrogen-bond donors (Lipinski definition) is 0. The van der Waals surface area contributed by atoms with Crippen molar-refractivity contribution in [1.82, 2.24) is 14.7 Å².